The van der Waals surface area contributed by atoms with Crippen molar-refractivity contribution in [3.8, 4) is 0 Å². The van der Waals surface area contributed by atoms with Crippen LogP contribution in [-0.4, -0.2) is 39.4 Å². The molecule has 0 heterocycles. The molecule has 0 bridgehead atoms. The van der Waals surface area contributed by atoms with E-state index in [2.05, 4.69) is 4.72 Å². The molecule has 0 fully saturated rings. The van der Waals surface area contributed by atoms with Gasteiger partial charge in [0.25, 0.3) is 5.91 Å². The number of rotatable bonds is 9. The lowest BCUT2D eigenvalue weighted by Crippen LogP contribution is -2.34. The number of hydrogen-bond donors (Lipinski definition) is 2. The smallest absolute Gasteiger partial charge is 0.254 e. The fourth-order valence-corrected chi connectivity index (χ4v) is 3.93. The summed E-state index contributed by atoms with van der Waals surface area (Å²) < 4.78 is 28.1. The molecule has 3 N–H and O–H groups in total. The van der Waals surface area contributed by atoms with Gasteiger partial charge in [-0.3, -0.25) is 4.79 Å². The second kappa shape index (κ2) is 11.2. The van der Waals surface area contributed by atoms with E-state index in [-0.39, 0.29) is 35.3 Å². The third kappa shape index (κ3) is 6.31. The number of nitrogens with one attached hydrogen (secondary N) is 1. The second-order valence-electron chi connectivity index (χ2n) is 6.45. The fourth-order valence-electron chi connectivity index (χ4n) is 2.68. The zero-order chi connectivity index (χ0) is 19.9. The summed E-state index contributed by atoms with van der Waals surface area (Å²) in [6, 6.07) is 15.0. The average molecular weight is 426 g/mol. The normalized spacial score (nSPS) is 12.1. The quantitative estimate of drug-likeness (QED) is 0.645. The van der Waals surface area contributed by atoms with Crippen LogP contribution in [0.4, 0.5) is 0 Å². The Morgan fingerprint density at radius 1 is 1.11 bits per heavy atom. The van der Waals surface area contributed by atoms with Gasteiger partial charge in [-0.2, -0.15) is 0 Å². The van der Waals surface area contributed by atoms with Crippen molar-refractivity contribution in [1.82, 2.24) is 9.62 Å². The van der Waals surface area contributed by atoms with Gasteiger partial charge in [-0.25, -0.2) is 13.1 Å². The third-order valence-corrected chi connectivity index (χ3v) is 5.80. The van der Waals surface area contributed by atoms with Crippen LogP contribution in [0.25, 0.3) is 0 Å². The predicted octanol–water partition coefficient (Wildman–Crippen LogP) is 2.96. The first-order valence-electron chi connectivity index (χ1n) is 9.01. The molecule has 0 saturated carbocycles. The monoisotopic (exact) mass is 425 g/mol. The van der Waals surface area contributed by atoms with Gasteiger partial charge in [0.1, 0.15) is 0 Å². The SMILES string of the molecule is CCCCN(C)C(=O)c1ccccc1S(=O)(=O)NCC(N)c1ccccc1.Cl. The maximum atomic E-state index is 12.8. The van der Waals surface area contributed by atoms with E-state index < -0.39 is 16.1 Å². The molecule has 0 aliphatic heterocycles. The van der Waals surface area contributed by atoms with E-state index >= 15 is 0 Å². The maximum Gasteiger partial charge on any atom is 0.254 e. The standard InChI is InChI=1S/C20H27N3O3S.ClH/c1-3-4-14-23(2)20(24)17-12-8-9-13-19(17)27(25,26)22-15-18(21)16-10-6-5-7-11-16;/h5-13,18,22H,3-4,14-15,21H2,1-2H3;1H. The van der Waals surface area contributed by atoms with E-state index in [4.69, 9.17) is 5.73 Å². The minimum Gasteiger partial charge on any atom is -0.342 e. The van der Waals surface area contributed by atoms with Gasteiger partial charge in [0.2, 0.25) is 10.0 Å². The zero-order valence-corrected chi connectivity index (χ0v) is 17.8. The minimum absolute atomic E-state index is 0. The molecule has 8 heteroatoms. The van der Waals surface area contributed by atoms with Gasteiger partial charge in [-0.05, 0) is 24.1 Å². The van der Waals surface area contributed by atoms with Gasteiger partial charge in [0.05, 0.1) is 10.5 Å². The van der Waals surface area contributed by atoms with Crippen molar-refractivity contribution >= 4 is 28.3 Å². The second-order valence-corrected chi connectivity index (χ2v) is 8.18. The van der Waals surface area contributed by atoms with Crippen molar-refractivity contribution in [2.45, 2.75) is 30.7 Å². The molecule has 0 spiro atoms. The summed E-state index contributed by atoms with van der Waals surface area (Å²) in [6.07, 6.45) is 1.82. The molecule has 2 aromatic rings. The number of carbonyl (C=O) groups excluding carboxylic acids is 1. The molecule has 0 radical (unpaired) electrons. The van der Waals surface area contributed by atoms with Crippen LogP contribution >= 0.6 is 12.4 Å². The highest BCUT2D eigenvalue weighted by molar-refractivity contribution is 7.89. The van der Waals surface area contributed by atoms with Crippen molar-refractivity contribution in [1.29, 1.82) is 0 Å². The van der Waals surface area contributed by atoms with E-state index in [1.807, 2.05) is 37.3 Å². The lowest BCUT2D eigenvalue weighted by molar-refractivity contribution is 0.0789. The van der Waals surface area contributed by atoms with Gasteiger partial charge in [-0.1, -0.05) is 55.8 Å². The summed E-state index contributed by atoms with van der Waals surface area (Å²) in [5, 5.41) is 0. The van der Waals surface area contributed by atoms with E-state index in [1.54, 1.807) is 24.1 Å². The molecule has 1 atom stereocenters. The summed E-state index contributed by atoms with van der Waals surface area (Å²) >= 11 is 0. The van der Waals surface area contributed by atoms with Crippen molar-refractivity contribution in [3.63, 3.8) is 0 Å². The van der Waals surface area contributed by atoms with Gasteiger partial charge < -0.3 is 10.6 Å². The van der Waals surface area contributed by atoms with Gasteiger partial charge in [0, 0.05) is 26.2 Å². The fraction of sp³-hybridized carbons (Fsp3) is 0.350. The van der Waals surface area contributed by atoms with Crippen LogP contribution < -0.4 is 10.5 Å². The zero-order valence-electron chi connectivity index (χ0n) is 16.2. The Bertz CT molecular complexity index is 860. The largest absolute Gasteiger partial charge is 0.342 e. The molecule has 154 valence electrons. The topological polar surface area (TPSA) is 92.5 Å². The molecule has 28 heavy (non-hydrogen) atoms. The Labute approximate surface area is 173 Å². The number of amides is 1. The first-order chi connectivity index (χ1) is 12.9. The molecule has 0 aromatic heterocycles. The number of nitrogens with zero attached hydrogens (tertiary/aromatic N) is 1. The molecule has 6 nitrogen and oxygen atoms in total. The number of sulfonamides is 1. The van der Waals surface area contributed by atoms with Crippen LogP contribution in [0.15, 0.2) is 59.5 Å². The lowest BCUT2D eigenvalue weighted by Gasteiger charge is -2.19. The Balaban J connectivity index is 0.00000392. The van der Waals surface area contributed by atoms with Crippen molar-refractivity contribution in [2.75, 3.05) is 20.1 Å². The Kier molecular flexibility index (Phi) is 9.61. The van der Waals surface area contributed by atoms with Crippen molar-refractivity contribution < 1.29 is 13.2 Å². The molecule has 1 amide bonds. The van der Waals surface area contributed by atoms with Crippen LogP contribution in [0, 0.1) is 0 Å². The molecule has 0 saturated heterocycles. The van der Waals surface area contributed by atoms with Crippen LogP contribution in [0.1, 0.15) is 41.7 Å². The summed E-state index contributed by atoms with van der Waals surface area (Å²) in [5.41, 5.74) is 7.08. The molecule has 0 aliphatic rings. The lowest BCUT2D eigenvalue weighted by atomic mass is 10.1. The molecule has 0 aliphatic carbocycles. The van der Waals surface area contributed by atoms with Crippen molar-refractivity contribution in [2.24, 2.45) is 5.73 Å². The van der Waals surface area contributed by atoms with Crippen LogP contribution in [0.3, 0.4) is 0 Å². The van der Waals surface area contributed by atoms with Crippen molar-refractivity contribution in [3.05, 3.63) is 65.7 Å². The maximum absolute atomic E-state index is 12.8. The summed E-state index contributed by atoms with van der Waals surface area (Å²) in [6.45, 7) is 2.66. The minimum atomic E-state index is -3.87. The van der Waals surface area contributed by atoms with E-state index in [0.29, 0.717) is 6.54 Å². The number of halogens is 1. The molecule has 2 aromatic carbocycles. The van der Waals surface area contributed by atoms with E-state index in [0.717, 1.165) is 18.4 Å². The molecule has 1 unspecified atom stereocenters. The highest BCUT2D eigenvalue weighted by Gasteiger charge is 2.24. The third-order valence-electron chi connectivity index (χ3n) is 4.32. The van der Waals surface area contributed by atoms with Gasteiger partial charge in [-0.15, -0.1) is 12.4 Å². The van der Waals surface area contributed by atoms with Gasteiger partial charge in [0.15, 0.2) is 0 Å². The predicted molar refractivity (Wildman–Crippen MR) is 114 cm³/mol. The van der Waals surface area contributed by atoms with Crippen LogP contribution in [-0.2, 0) is 10.0 Å². The first kappa shape index (κ1) is 24.1. The summed E-state index contributed by atoms with van der Waals surface area (Å²) in [4.78, 5) is 14.2. The highest BCUT2D eigenvalue weighted by Crippen LogP contribution is 2.18. The Morgan fingerprint density at radius 2 is 1.71 bits per heavy atom. The summed E-state index contributed by atoms with van der Waals surface area (Å²) in [7, 11) is -2.19. The number of hydrogen-bond acceptors (Lipinski definition) is 4. The highest BCUT2D eigenvalue weighted by atomic mass is 35.5. The van der Waals surface area contributed by atoms with E-state index in [9.17, 15) is 13.2 Å². The van der Waals surface area contributed by atoms with Crippen LogP contribution in [0.5, 0.6) is 0 Å². The van der Waals surface area contributed by atoms with E-state index in [1.165, 1.54) is 12.1 Å². The van der Waals surface area contributed by atoms with Gasteiger partial charge >= 0.3 is 0 Å². The van der Waals surface area contributed by atoms with Crippen LogP contribution in [0.2, 0.25) is 0 Å². The molecular weight excluding hydrogens is 398 g/mol. The average Bonchev–Trinajstić information content (AvgIpc) is 2.70. The molecular formula is C20H28ClN3O3S. The number of carbonyl (C=O) groups is 1. The summed E-state index contributed by atoms with van der Waals surface area (Å²) in [5.74, 6) is -0.309. The number of nitrogens with two attached hydrogens (primary N) is 1. The number of benzene rings is 2. The molecule has 2 rings (SSSR count). The Morgan fingerprint density at radius 3 is 2.36 bits per heavy atom. The first-order valence-corrected chi connectivity index (χ1v) is 10.5. The Hall–Kier alpha value is -1.93. The number of unbranched alkanes of at least 4 members (excludes halogenated alkanes) is 1.